The normalized spacial score (nSPS) is 14.4. The number of nitrogens with zero attached hydrogens (tertiary/aromatic N) is 1. The Morgan fingerprint density at radius 3 is 2.63 bits per heavy atom. The van der Waals surface area contributed by atoms with Crippen LogP contribution >= 0.6 is 0 Å². The van der Waals surface area contributed by atoms with Crippen molar-refractivity contribution < 1.29 is 22.7 Å². The molecule has 0 fully saturated rings. The van der Waals surface area contributed by atoms with Crippen molar-refractivity contribution >= 4 is 33.3 Å². The maximum absolute atomic E-state index is 12.7. The highest BCUT2D eigenvalue weighted by atomic mass is 32.2. The molecule has 2 aromatic rings. The van der Waals surface area contributed by atoms with Gasteiger partial charge in [-0.15, -0.1) is 0 Å². The predicted molar refractivity (Wildman–Crippen MR) is 102 cm³/mol. The van der Waals surface area contributed by atoms with Crippen molar-refractivity contribution in [2.75, 3.05) is 22.4 Å². The Kier molecular flexibility index (Phi) is 5.18. The average Bonchev–Trinajstić information content (AvgIpc) is 3.03. The van der Waals surface area contributed by atoms with Gasteiger partial charge >= 0.3 is 5.97 Å². The molecule has 2 aromatic carbocycles. The zero-order chi connectivity index (χ0) is 19.6. The van der Waals surface area contributed by atoms with Crippen LogP contribution in [0.1, 0.15) is 22.8 Å². The first kappa shape index (κ1) is 18.9. The van der Waals surface area contributed by atoms with Gasteiger partial charge in [-0.2, -0.15) is 0 Å². The molecule has 0 radical (unpaired) electrons. The van der Waals surface area contributed by atoms with Gasteiger partial charge in [0.15, 0.2) is 6.10 Å². The van der Waals surface area contributed by atoms with Crippen molar-refractivity contribution in [3.8, 4) is 0 Å². The second kappa shape index (κ2) is 7.40. The maximum atomic E-state index is 12.7. The molecule has 1 heterocycles. The number of anilines is 2. The topological polar surface area (TPSA) is 92.8 Å². The molecule has 1 N–H and O–H groups in total. The van der Waals surface area contributed by atoms with E-state index in [2.05, 4.69) is 4.72 Å². The first-order valence-electron chi connectivity index (χ1n) is 8.43. The van der Waals surface area contributed by atoms with E-state index in [1.54, 1.807) is 4.90 Å². The molecule has 27 heavy (non-hydrogen) atoms. The van der Waals surface area contributed by atoms with Crippen LogP contribution in [-0.2, 0) is 26.0 Å². The number of rotatable bonds is 5. The highest BCUT2D eigenvalue weighted by Crippen LogP contribution is 2.28. The molecule has 1 unspecified atom stereocenters. The quantitative estimate of drug-likeness (QED) is 0.793. The van der Waals surface area contributed by atoms with Crippen LogP contribution in [0.4, 0.5) is 11.4 Å². The van der Waals surface area contributed by atoms with Gasteiger partial charge in [-0.1, -0.05) is 24.3 Å². The molecule has 8 heteroatoms. The molecule has 1 amide bonds. The van der Waals surface area contributed by atoms with Crippen molar-refractivity contribution in [3.05, 3.63) is 59.7 Å². The number of esters is 1. The molecular formula is C19H20N2O5S. The van der Waals surface area contributed by atoms with E-state index in [4.69, 9.17) is 4.74 Å². The van der Waals surface area contributed by atoms with Crippen LogP contribution in [0.3, 0.4) is 0 Å². The van der Waals surface area contributed by atoms with Crippen LogP contribution in [0.2, 0.25) is 0 Å². The van der Waals surface area contributed by atoms with Crippen molar-refractivity contribution in [3.63, 3.8) is 0 Å². The lowest BCUT2D eigenvalue weighted by Crippen LogP contribution is -2.39. The van der Waals surface area contributed by atoms with E-state index in [-0.39, 0.29) is 17.2 Å². The summed E-state index contributed by atoms with van der Waals surface area (Å²) in [6.45, 7) is 2.08. The van der Waals surface area contributed by atoms with Gasteiger partial charge in [-0.05, 0) is 43.2 Å². The van der Waals surface area contributed by atoms with Crippen molar-refractivity contribution in [1.82, 2.24) is 0 Å². The first-order chi connectivity index (χ1) is 12.7. The Balaban J connectivity index is 1.69. The summed E-state index contributed by atoms with van der Waals surface area (Å²) in [5.74, 6) is -0.987. The zero-order valence-electron chi connectivity index (χ0n) is 15.0. The Morgan fingerprint density at radius 1 is 1.15 bits per heavy atom. The highest BCUT2D eigenvalue weighted by molar-refractivity contribution is 7.92. The molecule has 0 saturated carbocycles. The van der Waals surface area contributed by atoms with Gasteiger partial charge in [0.2, 0.25) is 10.0 Å². The number of hydrogen-bond acceptors (Lipinski definition) is 5. The van der Waals surface area contributed by atoms with Crippen LogP contribution in [0.5, 0.6) is 0 Å². The molecule has 0 saturated heterocycles. The fourth-order valence-corrected chi connectivity index (χ4v) is 3.54. The molecule has 142 valence electrons. The summed E-state index contributed by atoms with van der Waals surface area (Å²) in [5.41, 5.74) is 2.33. The van der Waals surface area contributed by atoms with Gasteiger partial charge < -0.3 is 9.64 Å². The lowest BCUT2D eigenvalue weighted by Gasteiger charge is -2.21. The summed E-state index contributed by atoms with van der Waals surface area (Å²) in [5, 5.41) is 0. The zero-order valence-corrected chi connectivity index (χ0v) is 15.8. The number of fused-ring (bicyclic) bond motifs is 1. The molecular weight excluding hydrogens is 368 g/mol. The standard InChI is InChI=1S/C19H20N2O5S/c1-13(18(22)21-11-10-14-6-3-4-9-17(14)21)26-19(23)15-7-5-8-16(12-15)20-27(2,24)25/h3-9,12-13,20H,10-11H2,1-2H3. The number of carbonyl (C=O) groups is 2. The fraction of sp³-hybridized carbons (Fsp3) is 0.263. The Morgan fingerprint density at radius 2 is 1.89 bits per heavy atom. The Hall–Kier alpha value is -2.87. The molecule has 1 atom stereocenters. The number of sulfonamides is 1. The van der Waals surface area contributed by atoms with E-state index in [0.717, 1.165) is 23.9 Å². The molecule has 1 aliphatic heterocycles. The SMILES string of the molecule is CC(OC(=O)c1cccc(NS(C)(=O)=O)c1)C(=O)N1CCc2ccccc21. The van der Waals surface area contributed by atoms with Crippen molar-refractivity contribution in [1.29, 1.82) is 0 Å². The summed E-state index contributed by atoms with van der Waals surface area (Å²) < 4.78 is 30.2. The summed E-state index contributed by atoms with van der Waals surface area (Å²) >= 11 is 0. The molecule has 1 aliphatic rings. The summed E-state index contributed by atoms with van der Waals surface area (Å²) in [6.07, 6.45) is 0.823. The summed E-state index contributed by atoms with van der Waals surface area (Å²) in [6, 6.07) is 13.6. The number of ether oxygens (including phenoxy) is 1. The number of hydrogen-bond donors (Lipinski definition) is 1. The number of nitrogens with one attached hydrogen (secondary N) is 1. The van der Waals surface area contributed by atoms with Gasteiger partial charge in [0.25, 0.3) is 5.91 Å². The van der Waals surface area contributed by atoms with E-state index < -0.39 is 22.1 Å². The monoisotopic (exact) mass is 388 g/mol. The minimum absolute atomic E-state index is 0.158. The van der Waals surface area contributed by atoms with E-state index in [9.17, 15) is 18.0 Å². The van der Waals surface area contributed by atoms with Crippen LogP contribution < -0.4 is 9.62 Å². The minimum atomic E-state index is -3.46. The van der Waals surface area contributed by atoms with Gasteiger partial charge in [-0.25, -0.2) is 13.2 Å². The molecule has 7 nitrogen and oxygen atoms in total. The van der Waals surface area contributed by atoms with Gasteiger partial charge in [0.1, 0.15) is 0 Å². The first-order valence-corrected chi connectivity index (χ1v) is 10.3. The number of carbonyl (C=O) groups excluding carboxylic acids is 2. The second-order valence-electron chi connectivity index (χ2n) is 6.37. The lowest BCUT2D eigenvalue weighted by atomic mass is 10.2. The lowest BCUT2D eigenvalue weighted by molar-refractivity contribution is -0.126. The molecule has 3 rings (SSSR count). The van der Waals surface area contributed by atoms with E-state index >= 15 is 0 Å². The summed E-state index contributed by atoms with van der Waals surface area (Å²) in [4.78, 5) is 26.7. The molecule has 0 aliphatic carbocycles. The Bertz CT molecular complexity index is 987. The fourth-order valence-electron chi connectivity index (χ4n) is 2.99. The minimum Gasteiger partial charge on any atom is -0.449 e. The van der Waals surface area contributed by atoms with E-state index in [0.29, 0.717) is 6.54 Å². The van der Waals surface area contributed by atoms with Crippen LogP contribution in [-0.4, -0.2) is 39.2 Å². The number of amides is 1. The maximum Gasteiger partial charge on any atom is 0.338 e. The predicted octanol–water partition coefficient (Wildman–Crippen LogP) is 2.19. The van der Waals surface area contributed by atoms with Gasteiger partial charge in [0.05, 0.1) is 11.8 Å². The van der Waals surface area contributed by atoms with E-state index in [1.807, 2.05) is 24.3 Å². The van der Waals surface area contributed by atoms with Crippen LogP contribution in [0, 0.1) is 0 Å². The molecule has 0 spiro atoms. The largest absolute Gasteiger partial charge is 0.449 e. The number of benzene rings is 2. The molecule has 0 aromatic heterocycles. The number of para-hydroxylation sites is 1. The van der Waals surface area contributed by atoms with Crippen LogP contribution in [0.25, 0.3) is 0 Å². The third kappa shape index (κ3) is 4.46. The second-order valence-corrected chi connectivity index (χ2v) is 8.12. The highest BCUT2D eigenvalue weighted by Gasteiger charge is 2.30. The average molecular weight is 388 g/mol. The van der Waals surface area contributed by atoms with Crippen molar-refractivity contribution in [2.24, 2.45) is 0 Å². The Labute approximate surface area is 158 Å². The molecule has 0 bridgehead atoms. The van der Waals surface area contributed by atoms with E-state index in [1.165, 1.54) is 31.2 Å². The van der Waals surface area contributed by atoms with Gasteiger partial charge in [0, 0.05) is 17.9 Å². The van der Waals surface area contributed by atoms with Gasteiger partial charge in [-0.3, -0.25) is 9.52 Å². The third-order valence-electron chi connectivity index (χ3n) is 4.19. The van der Waals surface area contributed by atoms with Crippen molar-refractivity contribution in [2.45, 2.75) is 19.4 Å². The smallest absolute Gasteiger partial charge is 0.338 e. The summed E-state index contributed by atoms with van der Waals surface area (Å²) in [7, 11) is -3.46. The third-order valence-corrected chi connectivity index (χ3v) is 4.79. The van der Waals surface area contributed by atoms with Crippen LogP contribution in [0.15, 0.2) is 48.5 Å².